The molecule has 0 radical (unpaired) electrons. The predicted molar refractivity (Wildman–Crippen MR) is 82.1 cm³/mol. The van der Waals surface area contributed by atoms with Crippen LogP contribution in [0.4, 0.5) is 10.5 Å². The van der Waals surface area contributed by atoms with E-state index in [9.17, 15) is 9.59 Å². The lowest BCUT2D eigenvalue weighted by atomic mass is 10.2. The largest absolute Gasteiger partial charge is 0.480 e. The number of benzene rings is 1. The monoisotopic (exact) mass is 396 g/mol. The SMILES string of the molecule is O=C(O)C1COCCN1C(=O)Nc1c(Cl)cc(Br)cc1Cl. The average molecular weight is 398 g/mol. The van der Waals surface area contributed by atoms with Crippen LogP contribution in [-0.2, 0) is 9.53 Å². The topological polar surface area (TPSA) is 78.9 Å². The number of anilines is 1. The van der Waals surface area contributed by atoms with Crippen LogP contribution < -0.4 is 5.32 Å². The number of aliphatic carboxylic acids is 1. The number of carbonyl (C=O) groups excluding carboxylic acids is 1. The van der Waals surface area contributed by atoms with Gasteiger partial charge in [-0.3, -0.25) is 0 Å². The normalized spacial score (nSPS) is 18.4. The number of urea groups is 1. The molecule has 1 aromatic rings. The number of carboxylic acids is 1. The van der Waals surface area contributed by atoms with Gasteiger partial charge >= 0.3 is 12.0 Å². The van der Waals surface area contributed by atoms with E-state index in [1.54, 1.807) is 12.1 Å². The summed E-state index contributed by atoms with van der Waals surface area (Å²) in [5.41, 5.74) is 0.238. The molecule has 2 N–H and O–H groups in total. The Kier molecular flexibility index (Phi) is 5.32. The molecule has 1 aromatic carbocycles. The predicted octanol–water partition coefficient (Wildman–Crippen LogP) is 3.07. The first-order valence-electron chi connectivity index (χ1n) is 5.93. The maximum atomic E-state index is 12.2. The molecule has 1 saturated heterocycles. The Morgan fingerprint density at radius 1 is 1.38 bits per heavy atom. The fraction of sp³-hybridized carbons (Fsp3) is 0.333. The summed E-state index contributed by atoms with van der Waals surface area (Å²) in [6.07, 6.45) is 0. The third-order valence-corrected chi connectivity index (χ3v) is 3.97. The van der Waals surface area contributed by atoms with Crippen LogP contribution in [0.2, 0.25) is 10.0 Å². The maximum absolute atomic E-state index is 12.2. The van der Waals surface area contributed by atoms with E-state index in [4.69, 9.17) is 33.0 Å². The smallest absolute Gasteiger partial charge is 0.328 e. The van der Waals surface area contributed by atoms with Crippen molar-refractivity contribution in [3.05, 3.63) is 26.7 Å². The molecule has 1 fully saturated rings. The number of hydrogen-bond donors (Lipinski definition) is 2. The van der Waals surface area contributed by atoms with E-state index in [0.717, 1.165) is 0 Å². The van der Waals surface area contributed by atoms with Gasteiger partial charge < -0.3 is 20.1 Å². The van der Waals surface area contributed by atoms with E-state index in [1.807, 2.05) is 0 Å². The summed E-state index contributed by atoms with van der Waals surface area (Å²) in [4.78, 5) is 24.6. The van der Waals surface area contributed by atoms with Gasteiger partial charge in [-0.1, -0.05) is 39.1 Å². The molecule has 2 rings (SSSR count). The molecule has 114 valence electrons. The number of ether oxygens (including phenoxy) is 1. The van der Waals surface area contributed by atoms with Gasteiger partial charge in [0.2, 0.25) is 0 Å². The molecule has 0 aromatic heterocycles. The van der Waals surface area contributed by atoms with Gasteiger partial charge in [-0.2, -0.15) is 0 Å². The molecule has 2 amide bonds. The summed E-state index contributed by atoms with van der Waals surface area (Å²) in [6.45, 7) is 0.401. The summed E-state index contributed by atoms with van der Waals surface area (Å²) in [6, 6.07) is 1.54. The fourth-order valence-corrected chi connectivity index (χ4v) is 3.19. The molecule has 1 aliphatic rings. The Balaban J connectivity index is 2.19. The van der Waals surface area contributed by atoms with Crippen LogP contribution in [-0.4, -0.2) is 47.8 Å². The van der Waals surface area contributed by atoms with E-state index < -0.39 is 18.0 Å². The molecular formula is C12H11BrCl2N2O4. The number of halogens is 3. The Hall–Kier alpha value is -1.02. The summed E-state index contributed by atoms with van der Waals surface area (Å²) in [5, 5.41) is 12.2. The van der Waals surface area contributed by atoms with Gasteiger partial charge in [-0.25, -0.2) is 9.59 Å². The van der Waals surface area contributed by atoms with Crippen LogP contribution in [0.25, 0.3) is 0 Å². The van der Waals surface area contributed by atoms with E-state index in [-0.39, 0.29) is 35.5 Å². The van der Waals surface area contributed by atoms with E-state index >= 15 is 0 Å². The third kappa shape index (κ3) is 3.79. The second kappa shape index (κ2) is 6.83. The standard InChI is InChI=1S/C12H11BrCl2N2O4/c13-6-3-7(14)10(8(15)4-6)16-12(20)17-1-2-21-5-9(17)11(18)19/h3-4,9H,1-2,5H2,(H,16,20)(H,18,19). The zero-order chi connectivity index (χ0) is 15.6. The summed E-state index contributed by atoms with van der Waals surface area (Å²) >= 11 is 15.3. The van der Waals surface area contributed by atoms with Crippen molar-refractivity contribution in [2.75, 3.05) is 25.1 Å². The van der Waals surface area contributed by atoms with Gasteiger partial charge in [0.25, 0.3) is 0 Å². The molecule has 1 heterocycles. The molecular weight excluding hydrogens is 387 g/mol. The highest BCUT2D eigenvalue weighted by Gasteiger charge is 2.33. The van der Waals surface area contributed by atoms with Crippen molar-refractivity contribution in [3.8, 4) is 0 Å². The summed E-state index contributed by atoms with van der Waals surface area (Å²) < 4.78 is 5.75. The van der Waals surface area contributed by atoms with Crippen LogP contribution in [0.15, 0.2) is 16.6 Å². The number of rotatable bonds is 2. The quantitative estimate of drug-likeness (QED) is 0.803. The van der Waals surface area contributed by atoms with E-state index in [1.165, 1.54) is 4.90 Å². The molecule has 1 atom stereocenters. The highest BCUT2D eigenvalue weighted by molar-refractivity contribution is 9.10. The van der Waals surface area contributed by atoms with Gasteiger partial charge in [-0.15, -0.1) is 0 Å². The first-order valence-corrected chi connectivity index (χ1v) is 7.47. The first kappa shape index (κ1) is 16.4. The Labute approximate surface area is 139 Å². The summed E-state index contributed by atoms with van der Waals surface area (Å²) in [7, 11) is 0. The van der Waals surface area contributed by atoms with E-state index in [0.29, 0.717) is 4.47 Å². The molecule has 6 nitrogen and oxygen atoms in total. The van der Waals surface area contributed by atoms with Crippen molar-refractivity contribution < 1.29 is 19.4 Å². The maximum Gasteiger partial charge on any atom is 0.328 e. The van der Waals surface area contributed by atoms with Crippen LogP contribution in [0.1, 0.15) is 0 Å². The lowest BCUT2D eigenvalue weighted by molar-refractivity contribution is -0.147. The van der Waals surface area contributed by atoms with Crippen LogP contribution in [0, 0.1) is 0 Å². The first-order chi connectivity index (χ1) is 9.90. The number of hydrogen-bond acceptors (Lipinski definition) is 3. The van der Waals surface area contributed by atoms with Crippen LogP contribution in [0.5, 0.6) is 0 Å². The molecule has 0 spiro atoms. The van der Waals surface area contributed by atoms with Gasteiger partial charge in [-0.05, 0) is 12.1 Å². The average Bonchev–Trinajstić information content (AvgIpc) is 2.42. The highest BCUT2D eigenvalue weighted by Crippen LogP contribution is 2.34. The zero-order valence-electron chi connectivity index (χ0n) is 10.6. The molecule has 0 bridgehead atoms. The minimum Gasteiger partial charge on any atom is -0.480 e. The van der Waals surface area contributed by atoms with Gasteiger partial charge in [0.15, 0.2) is 6.04 Å². The second-order valence-electron chi connectivity index (χ2n) is 4.30. The molecule has 9 heteroatoms. The van der Waals surface area contributed by atoms with Gasteiger partial charge in [0, 0.05) is 11.0 Å². The Bertz CT molecular complexity index is 561. The van der Waals surface area contributed by atoms with E-state index in [2.05, 4.69) is 21.2 Å². The zero-order valence-corrected chi connectivity index (χ0v) is 13.7. The number of amides is 2. The van der Waals surface area contributed by atoms with Crippen LogP contribution >= 0.6 is 39.1 Å². The molecule has 0 saturated carbocycles. The Morgan fingerprint density at radius 3 is 2.57 bits per heavy atom. The van der Waals surface area contributed by atoms with Gasteiger partial charge in [0.1, 0.15) is 0 Å². The van der Waals surface area contributed by atoms with Crippen molar-refractivity contribution in [2.45, 2.75) is 6.04 Å². The van der Waals surface area contributed by atoms with Crippen molar-refractivity contribution in [3.63, 3.8) is 0 Å². The molecule has 1 unspecified atom stereocenters. The minimum absolute atomic E-state index is 0.0510. The van der Waals surface area contributed by atoms with Gasteiger partial charge in [0.05, 0.1) is 28.9 Å². The molecule has 21 heavy (non-hydrogen) atoms. The third-order valence-electron chi connectivity index (χ3n) is 2.91. The number of carbonyl (C=O) groups is 2. The van der Waals surface area contributed by atoms with Crippen molar-refractivity contribution >= 4 is 56.8 Å². The number of nitrogens with one attached hydrogen (secondary N) is 1. The van der Waals surface area contributed by atoms with Crippen molar-refractivity contribution in [1.82, 2.24) is 4.90 Å². The molecule has 0 aliphatic carbocycles. The van der Waals surface area contributed by atoms with Crippen molar-refractivity contribution in [1.29, 1.82) is 0 Å². The summed E-state index contributed by atoms with van der Waals surface area (Å²) in [5.74, 6) is -1.13. The van der Waals surface area contributed by atoms with Crippen molar-refractivity contribution in [2.24, 2.45) is 0 Å². The second-order valence-corrected chi connectivity index (χ2v) is 6.03. The van der Waals surface area contributed by atoms with Crippen LogP contribution in [0.3, 0.4) is 0 Å². The highest BCUT2D eigenvalue weighted by atomic mass is 79.9. The fourth-order valence-electron chi connectivity index (χ4n) is 1.89. The lowest BCUT2D eigenvalue weighted by Crippen LogP contribution is -2.54. The number of morpholine rings is 1. The lowest BCUT2D eigenvalue weighted by Gasteiger charge is -2.32. The number of nitrogens with zero attached hydrogens (tertiary/aromatic N) is 1. The molecule has 1 aliphatic heterocycles. The Morgan fingerprint density at radius 2 is 2.00 bits per heavy atom. The minimum atomic E-state index is -1.13. The number of carboxylic acid groups (broad SMARTS) is 1.